The fourth-order valence-electron chi connectivity index (χ4n) is 2.31. The van der Waals surface area contributed by atoms with Crippen LogP contribution in [0.15, 0.2) is 22.7 Å². The first-order valence-electron chi connectivity index (χ1n) is 8.37. The Hall–Kier alpha value is -2.37. The van der Waals surface area contributed by atoms with Crippen molar-refractivity contribution in [2.75, 3.05) is 6.54 Å². The van der Waals surface area contributed by atoms with E-state index in [0.29, 0.717) is 35.6 Å². The maximum absolute atomic E-state index is 12.4. The Bertz CT molecular complexity index is 720. The highest BCUT2D eigenvalue weighted by atomic mass is 16.5. The van der Waals surface area contributed by atoms with E-state index in [0.717, 1.165) is 24.2 Å². The molecule has 24 heavy (non-hydrogen) atoms. The molecule has 1 aromatic heterocycles. The molecule has 0 unspecified atom stereocenters. The van der Waals surface area contributed by atoms with Crippen molar-refractivity contribution < 1.29 is 14.1 Å². The van der Waals surface area contributed by atoms with Gasteiger partial charge in [0.25, 0.3) is 11.8 Å². The van der Waals surface area contributed by atoms with E-state index in [2.05, 4.69) is 29.3 Å². The zero-order valence-corrected chi connectivity index (χ0v) is 14.3. The van der Waals surface area contributed by atoms with Crippen LogP contribution in [-0.2, 0) is 6.61 Å². The lowest BCUT2D eigenvalue weighted by molar-refractivity contribution is 0.0943. The molecule has 1 aliphatic carbocycles. The van der Waals surface area contributed by atoms with E-state index in [1.807, 2.05) is 19.1 Å². The number of carbonyl (C=O) groups excluding carboxylic acids is 1. The molecule has 0 atom stereocenters. The molecule has 6 nitrogen and oxygen atoms in total. The van der Waals surface area contributed by atoms with Crippen LogP contribution in [0.25, 0.3) is 0 Å². The number of amides is 1. The Morgan fingerprint density at radius 2 is 2.21 bits per heavy atom. The minimum absolute atomic E-state index is 0.133. The maximum atomic E-state index is 12.4. The molecule has 1 aromatic carbocycles. The molecule has 0 radical (unpaired) electrons. The summed E-state index contributed by atoms with van der Waals surface area (Å²) in [6, 6.07) is 5.55. The van der Waals surface area contributed by atoms with Gasteiger partial charge in [0, 0.05) is 12.5 Å². The fraction of sp³-hybridized carbons (Fsp3) is 0.500. The summed E-state index contributed by atoms with van der Waals surface area (Å²) < 4.78 is 11.0. The van der Waals surface area contributed by atoms with Gasteiger partial charge in [-0.25, -0.2) is 0 Å². The zero-order valence-electron chi connectivity index (χ0n) is 14.3. The van der Waals surface area contributed by atoms with E-state index >= 15 is 0 Å². The molecule has 0 saturated heterocycles. The first-order valence-corrected chi connectivity index (χ1v) is 8.37. The van der Waals surface area contributed by atoms with Crippen molar-refractivity contribution in [3.05, 3.63) is 41.0 Å². The van der Waals surface area contributed by atoms with E-state index in [1.54, 1.807) is 6.07 Å². The normalized spacial score (nSPS) is 14.0. The Labute approximate surface area is 141 Å². The second-order valence-corrected chi connectivity index (χ2v) is 6.71. The van der Waals surface area contributed by atoms with Gasteiger partial charge in [0.2, 0.25) is 0 Å². The third-order valence-corrected chi connectivity index (χ3v) is 3.83. The third kappa shape index (κ3) is 4.13. The topological polar surface area (TPSA) is 77.2 Å². The van der Waals surface area contributed by atoms with Crippen LogP contribution in [0.2, 0.25) is 0 Å². The molecular formula is C18H23N3O3. The standard InChI is InChI=1S/C18H23N3O3/c1-11(2)9-19-18(22)14-8-12(3)4-7-15(14)23-10-16-20-17(21-24-16)13-5-6-13/h4,7-8,11,13H,5-6,9-10H2,1-3H3,(H,19,22). The number of benzene rings is 1. The number of rotatable bonds is 7. The van der Waals surface area contributed by atoms with Crippen molar-refractivity contribution in [1.29, 1.82) is 0 Å². The van der Waals surface area contributed by atoms with Crippen LogP contribution in [0.4, 0.5) is 0 Å². The summed E-state index contributed by atoms with van der Waals surface area (Å²) in [6.07, 6.45) is 2.25. The molecule has 1 heterocycles. The van der Waals surface area contributed by atoms with Gasteiger partial charge in [-0.2, -0.15) is 4.98 Å². The molecule has 0 bridgehead atoms. The Morgan fingerprint density at radius 3 is 2.92 bits per heavy atom. The van der Waals surface area contributed by atoms with Crippen LogP contribution in [-0.4, -0.2) is 22.6 Å². The number of nitrogens with one attached hydrogen (secondary N) is 1. The molecule has 1 aliphatic rings. The Morgan fingerprint density at radius 1 is 1.42 bits per heavy atom. The summed E-state index contributed by atoms with van der Waals surface area (Å²) in [5.74, 6) is 2.42. The van der Waals surface area contributed by atoms with Gasteiger partial charge in [-0.05, 0) is 37.8 Å². The molecule has 1 amide bonds. The zero-order chi connectivity index (χ0) is 17.1. The summed E-state index contributed by atoms with van der Waals surface area (Å²) in [5.41, 5.74) is 1.53. The minimum Gasteiger partial charge on any atom is -0.483 e. The molecule has 128 valence electrons. The maximum Gasteiger partial charge on any atom is 0.264 e. The average molecular weight is 329 g/mol. The smallest absolute Gasteiger partial charge is 0.264 e. The molecule has 2 aromatic rings. The molecule has 1 saturated carbocycles. The van der Waals surface area contributed by atoms with Gasteiger partial charge < -0.3 is 14.6 Å². The van der Waals surface area contributed by atoms with Crippen molar-refractivity contribution in [3.8, 4) is 5.75 Å². The van der Waals surface area contributed by atoms with Crippen LogP contribution in [0, 0.1) is 12.8 Å². The number of hydrogen-bond donors (Lipinski definition) is 1. The lowest BCUT2D eigenvalue weighted by Gasteiger charge is -2.12. The van der Waals surface area contributed by atoms with Crippen LogP contribution in [0.3, 0.4) is 0 Å². The highest BCUT2D eigenvalue weighted by Gasteiger charge is 2.28. The van der Waals surface area contributed by atoms with Gasteiger partial charge in [-0.1, -0.05) is 30.6 Å². The third-order valence-electron chi connectivity index (χ3n) is 3.83. The highest BCUT2D eigenvalue weighted by Crippen LogP contribution is 2.38. The largest absolute Gasteiger partial charge is 0.483 e. The van der Waals surface area contributed by atoms with E-state index in [-0.39, 0.29) is 12.5 Å². The molecular weight excluding hydrogens is 306 g/mol. The van der Waals surface area contributed by atoms with Crippen LogP contribution in [0.5, 0.6) is 5.75 Å². The van der Waals surface area contributed by atoms with Gasteiger partial charge in [-0.15, -0.1) is 0 Å². The number of aromatic nitrogens is 2. The molecule has 1 fully saturated rings. The number of nitrogens with zero attached hydrogens (tertiary/aromatic N) is 2. The molecule has 6 heteroatoms. The summed E-state index contributed by atoms with van der Waals surface area (Å²) in [5, 5.41) is 6.89. The Kier molecular flexibility index (Phi) is 4.83. The van der Waals surface area contributed by atoms with Crippen molar-refractivity contribution in [3.63, 3.8) is 0 Å². The summed E-state index contributed by atoms with van der Waals surface area (Å²) in [7, 11) is 0. The predicted molar refractivity (Wildman–Crippen MR) is 89.0 cm³/mol. The van der Waals surface area contributed by atoms with E-state index in [1.165, 1.54) is 0 Å². The lowest BCUT2D eigenvalue weighted by Crippen LogP contribution is -2.27. The summed E-state index contributed by atoms with van der Waals surface area (Å²) in [6.45, 7) is 6.85. The van der Waals surface area contributed by atoms with Gasteiger partial charge in [0.15, 0.2) is 12.4 Å². The quantitative estimate of drug-likeness (QED) is 0.844. The number of hydrogen-bond acceptors (Lipinski definition) is 5. The second-order valence-electron chi connectivity index (χ2n) is 6.71. The van der Waals surface area contributed by atoms with Gasteiger partial charge >= 0.3 is 0 Å². The first-order chi connectivity index (χ1) is 11.5. The van der Waals surface area contributed by atoms with Crippen molar-refractivity contribution >= 4 is 5.91 Å². The first kappa shape index (κ1) is 16.5. The van der Waals surface area contributed by atoms with Crippen LogP contribution < -0.4 is 10.1 Å². The van der Waals surface area contributed by atoms with Crippen LogP contribution in [0.1, 0.15) is 60.2 Å². The SMILES string of the molecule is Cc1ccc(OCc2nc(C3CC3)no2)c(C(=O)NCC(C)C)c1. The summed E-state index contributed by atoms with van der Waals surface area (Å²) in [4.78, 5) is 16.7. The number of aryl methyl sites for hydroxylation is 1. The van der Waals surface area contributed by atoms with E-state index in [9.17, 15) is 4.79 Å². The van der Waals surface area contributed by atoms with E-state index in [4.69, 9.17) is 9.26 Å². The van der Waals surface area contributed by atoms with Gasteiger partial charge in [0.1, 0.15) is 5.75 Å². The number of carbonyl (C=O) groups is 1. The van der Waals surface area contributed by atoms with Crippen molar-refractivity contribution in [1.82, 2.24) is 15.5 Å². The molecule has 1 N–H and O–H groups in total. The average Bonchev–Trinajstić information content (AvgIpc) is 3.30. The molecule has 0 aliphatic heterocycles. The lowest BCUT2D eigenvalue weighted by atomic mass is 10.1. The minimum atomic E-state index is -0.133. The predicted octanol–water partition coefficient (Wildman–Crippen LogP) is 3.22. The van der Waals surface area contributed by atoms with Gasteiger partial charge in [-0.3, -0.25) is 4.79 Å². The van der Waals surface area contributed by atoms with Crippen LogP contribution >= 0.6 is 0 Å². The van der Waals surface area contributed by atoms with Crippen molar-refractivity contribution in [2.45, 2.75) is 46.1 Å². The Balaban J connectivity index is 1.68. The molecule has 3 rings (SSSR count). The highest BCUT2D eigenvalue weighted by molar-refractivity contribution is 5.97. The van der Waals surface area contributed by atoms with Gasteiger partial charge in [0.05, 0.1) is 5.56 Å². The van der Waals surface area contributed by atoms with E-state index < -0.39 is 0 Å². The second kappa shape index (κ2) is 7.03. The van der Waals surface area contributed by atoms with Crippen molar-refractivity contribution in [2.24, 2.45) is 5.92 Å². The molecule has 0 spiro atoms. The monoisotopic (exact) mass is 329 g/mol. The summed E-state index contributed by atoms with van der Waals surface area (Å²) >= 11 is 0. The fourth-order valence-corrected chi connectivity index (χ4v) is 2.31. The number of ether oxygens (including phenoxy) is 1.